The molecule has 0 aliphatic carbocycles. The molecule has 0 aromatic heterocycles. The molecular weight excluding hydrogens is 316 g/mol. The lowest BCUT2D eigenvalue weighted by atomic mass is 10.1. The fraction of sp³-hybridized carbons (Fsp3) is 0.200. The average Bonchev–Trinajstić information content (AvgIpc) is 2.71. The predicted molar refractivity (Wildman–Crippen MR) is 110 cm³/mol. The van der Waals surface area contributed by atoms with E-state index >= 15 is 0 Å². The zero-order chi connectivity index (χ0) is 17.9. The van der Waals surface area contributed by atoms with Crippen molar-refractivity contribution in [1.82, 2.24) is 0 Å². The van der Waals surface area contributed by atoms with Crippen LogP contribution in [0.5, 0.6) is 5.75 Å². The molecule has 0 spiro atoms. The van der Waals surface area contributed by atoms with Gasteiger partial charge >= 0.3 is 0 Å². The van der Waals surface area contributed by atoms with Gasteiger partial charge in [0, 0.05) is 5.56 Å². The van der Waals surface area contributed by atoms with Crippen molar-refractivity contribution in [2.24, 2.45) is 0 Å². The van der Waals surface area contributed by atoms with Crippen LogP contribution in [0.25, 0.3) is 6.08 Å². The van der Waals surface area contributed by atoms with Crippen molar-refractivity contribution in [3.63, 3.8) is 0 Å². The highest BCUT2D eigenvalue weighted by molar-refractivity contribution is 5.57. The summed E-state index contributed by atoms with van der Waals surface area (Å²) in [4.78, 5) is 0. The van der Waals surface area contributed by atoms with Crippen LogP contribution in [-0.2, 0) is 13.0 Å². The van der Waals surface area contributed by atoms with Crippen LogP contribution in [0, 0.1) is 0 Å². The zero-order valence-electron chi connectivity index (χ0n) is 15.2. The van der Waals surface area contributed by atoms with Crippen LogP contribution in [0.3, 0.4) is 0 Å². The molecule has 0 fully saturated rings. The molecule has 0 atom stereocenters. The molecule has 0 aliphatic rings. The Bertz CT molecular complexity index is 791. The molecule has 0 saturated carbocycles. The van der Waals surface area contributed by atoms with E-state index < -0.39 is 0 Å². The van der Waals surface area contributed by atoms with Crippen LogP contribution in [0.1, 0.15) is 36.0 Å². The Morgan fingerprint density at radius 2 is 1.31 bits per heavy atom. The minimum absolute atomic E-state index is 0.600. The number of para-hydroxylation sites is 1. The summed E-state index contributed by atoms with van der Waals surface area (Å²) in [5.74, 6) is 0.942. The fourth-order valence-corrected chi connectivity index (χ4v) is 2.93. The summed E-state index contributed by atoms with van der Waals surface area (Å²) >= 11 is 0. The first-order valence-corrected chi connectivity index (χ1v) is 9.38. The van der Waals surface area contributed by atoms with Crippen molar-refractivity contribution in [3.8, 4) is 5.75 Å². The van der Waals surface area contributed by atoms with Gasteiger partial charge in [0.2, 0.25) is 0 Å². The van der Waals surface area contributed by atoms with Gasteiger partial charge in [0.15, 0.2) is 0 Å². The number of ether oxygens (including phenoxy) is 1. The van der Waals surface area contributed by atoms with E-state index in [4.69, 9.17) is 4.74 Å². The van der Waals surface area contributed by atoms with E-state index in [-0.39, 0.29) is 0 Å². The summed E-state index contributed by atoms with van der Waals surface area (Å²) in [7, 11) is 0. The van der Waals surface area contributed by atoms with Crippen molar-refractivity contribution in [3.05, 3.63) is 108 Å². The number of unbranched alkanes of at least 4 members (excludes halogenated alkanes) is 2. The number of allylic oxidation sites excluding steroid dienone is 1. The van der Waals surface area contributed by atoms with Crippen molar-refractivity contribution in [2.75, 3.05) is 0 Å². The van der Waals surface area contributed by atoms with Crippen LogP contribution >= 0.6 is 0 Å². The highest BCUT2D eigenvalue weighted by Gasteiger charge is 2.00. The van der Waals surface area contributed by atoms with E-state index in [1.54, 1.807) is 0 Å². The van der Waals surface area contributed by atoms with Gasteiger partial charge in [-0.2, -0.15) is 0 Å². The van der Waals surface area contributed by atoms with Gasteiger partial charge in [-0.3, -0.25) is 0 Å². The molecule has 3 rings (SSSR count). The lowest BCUT2D eigenvalue weighted by Gasteiger charge is -2.09. The van der Waals surface area contributed by atoms with Gasteiger partial charge < -0.3 is 4.74 Å². The largest absolute Gasteiger partial charge is 0.488 e. The van der Waals surface area contributed by atoms with E-state index in [2.05, 4.69) is 66.7 Å². The van der Waals surface area contributed by atoms with E-state index in [1.807, 2.05) is 30.3 Å². The van der Waals surface area contributed by atoms with Crippen LogP contribution < -0.4 is 4.74 Å². The maximum absolute atomic E-state index is 6.01. The summed E-state index contributed by atoms with van der Waals surface area (Å²) in [5, 5.41) is 0. The topological polar surface area (TPSA) is 9.23 Å². The molecule has 26 heavy (non-hydrogen) atoms. The molecule has 0 radical (unpaired) electrons. The third-order valence-corrected chi connectivity index (χ3v) is 4.38. The molecule has 0 saturated heterocycles. The Morgan fingerprint density at radius 1 is 0.654 bits per heavy atom. The maximum Gasteiger partial charge on any atom is 0.127 e. The SMILES string of the molecule is C(=C\c1ccccc1OCc1ccccc1)/CCCCc1ccccc1. The first kappa shape index (κ1) is 18.0. The molecule has 3 aromatic rings. The second kappa shape index (κ2) is 10.2. The van der Waals surface area contributed by atoms with Crippen LogP contribution in [-0.4, -0.2) is 0 Å². The normalized spacial score (nSPS) is 10.9. The minimum Gasteiger partial charge on any atom is -0.488 e. The second-order valence-corrected chi connectivity index (χ2v) is 6.45. The summed E-state index contributed by atoms with van der Waals surface area (Å²) in [6.45, 7) is 0.600. The number of aryl methyl sites for hydroxylation is 1. The number of hydrogen-bond acceptors (Lipinski definition) is 1. The lowest BCUT2D eigenvalue weighted by Crippen LogP contribution is -1.96. The minimum atomic E-state index is 0.600. The molecule has 132 valence electrons. The summed E-state index contributed by atoms with van der Waals surface area (Å²) in [6, 6.07) is 29.2. The maximum atomic E-state index is 6.01. The molecule has 0 bridgehead atoms. The number of hydrogen-bond donors (Lipinski definition) is 0. The van der Waals surface area contributed by atoms with E-state index in [0.717, 1.165) is 24.2 Å². The molecule has 0 unspecified atom stereocenters. The molecule has 1 heteroatoms. The standard InChI is InChI=1S/C25H26O/c1(5-13-22-14-6-3-7-15-22)2-10-18-24-19-11-12-20-25(24)26-21-23-16-8-4-9-17-23/h3-4,6-12,14-20H,1-2,5,13,21H2/b18-10+. The van der Waals surface area contributed by atoms with E-state index in [0.29, 0.717) is 6.61 Å². The second-order valence-electron chi connectivity index (χ2n) is 6.45. The van der Waals surface area contributed by atoms with Gasteiger partial charge in [-0.15, -0.1) is 0 Å². The van der Waals surface area contributed by atoms with Crippen molar-refractivity contribution in [1.29, 1.82) is 0 Å². The van der Waals surface area contributed by atoms with Crippen LogP contribution in [0.2, 0.25) is 0 Å². The number of benzene rings is 3. The van der Waals surface area contributed by atoms with Gasteiger partial charge in [-0.1, -0.05) is 91.0 Å². The summed E-state index contributed by atoms with van der Waals surface area (Å²) in [5.41, 5.74) is 3.76. The molecule has 1 nitrogen and oxygen atoms in total. The Hall–Kier alpha value is -2.80. The van der Waals surface area contributed by atoms with Crippen molar-refractivity contribution < 1.29 is 4.74 Å². The average molecular weight is 342 g/mol. The fourth-order valence-electron chi connectivity index (χ4n) is 2.93. The Kier molecular flexibility index (Phi) is 7.10. The number of rotatable bonds is 9. The molecular formula is C25H26O. The van der Waals surface area contributed by atoms with Crippen LogP contribution in [0.4, 0.5) is 0 Å². The van der Waals surface area contributed by atoms with Gasteiger partial charge in [0.1, 0.15) is 12.4 Å². The van der Waals surface area contributed by atoms with Crippen molar-refractivity contribution >= 4 is 6.08 Å². The van der Waals surface area contributed by atoms with E-state index in [9.17, 15) is 0 Å². The molecule has 3 aromatic carbocycles. The lowest BCUT2D eigenvalue weighted by molar-refractivity contribution is 0.305. The first-order chi connectivity index (χ1) is 12.9. The van der Waals surface area contributed by atoms with Crippen molar-refractivity contribution in [2.45, 2.75) is 32.3 Å². The Labute approximate surface area is 157 Å². The van der Waals surface area contributed by atoms with Gasteiger partial charge in [0.25, 0.3) is 0 Å². The molecule has 0 amide bonds. The highest BCUT2D eigenvalue weighted by atomic mass is 16.5. The highest BCUT2D eigenvalue weighted by Crippen LogP contribution is 2.21. The van der Waals surface area contributed by atoms with Crippen LogP contribution in [0.15, 0.2) is 91.0 Å². The molecule has 0 heterocycles. The smallest absolute Gasteiger partial charge is 0.127 e. The van der Waals surface area contributed by atoms with Gasteiger partial charge in [-0.25, -0.2) is 0 Å². The monoisotopic (exact) mass is 342 g/mol. The quantitative estimate of drug-likeness (QED) is 0.393. The molecule has 0 N–H and O–H groups in total. The molecule has 0 aliphatic heterocycles. The third kappa shape index (κ3) is 5.93. The van der Waals surface area contributed by atoms with E-state index in [1.165, 1.54) is 24.0 Å². The first-order valence-electron chi connectivity index (χ1n) is 9.38. The van der Waals surface area contributed by atoms with Gasteiger partial charge in [-0.05, 0) is 42.9 Å². The summed E-state index contributed by atoms with van der Waals surface area (Å²) < 4.78 is 6.01. The predicted octanol–water partition coefficient (Wildman–Crippen LogP) is 6.69. The Morgan fingerprint density at radius 3 is 2.08 bits per heavy atom. The zero-order valence-corrected chi connectivity index (χ0v) is 15.2. The Balaban J connectivity index is 1.46. The van der Waals surface area contributed by atoms with Gasteiger partial charge in [0.05, 0.1) is 0 Å². The third-order valence-electron chi connectivity index (χ3n) is 4.38. The summed E-state index contributed by atoms with van der Waals surface area (Å²) in [6.07, 6.45) is 9.13.